The Morgan fingerprint density at radius 1 is 1.06 bits per heavy atom. The minimum absolute atomic E-state index is 0.218. The third-order valence-corrected chi connectivity index (χ3v) is 7.25. The predicted molar refractivity (Wildman–Crippen MR) is 142 cm³/mol. The first-order chi connectivity index (χ1) is 17.1. The number of rotatable bonds is 10. The number of thioether (sulfide) groups is 1. The van der Waals surface area contributed by atoms with Crippen LogP contribution in [-0.2, 0) is 13.1 Å². The summed E-state index contributed by atoms with van der Waals surface area (Å²) < 4.78 is 16.4. The number of methoxy groups -OCH3 is 3. The van der Waals surface area contributed by atoms with Crippen LogP contribution < -0.4 is 24.4 Å². The van der Waals surface area contributed by atoms with E-state index in [1.807, 2.05) is 12.1 Å². The van der Waals surface area contributed by atoms with E-state index >= 15 is 0 Å². The maximum Gasteiger partial charge on any atom is 0.203 e. The monoisotopic (exact) mass is 497 g/mol. The number of hydrogen-bond donors (Lipinski definition) is 2. The Morgan fingerprint density at radius 3 is 2.49 bits per heavy atom. The molecule has 188 valence electrons. The van der Waals surface area contributed by atoms with E-state index in [-0.39, 0.29) is 6.61 Å². The Bertz CT molecular complexity index is 1130. The van der Waals surface area contributed by atoms with Crippen molar-refractivity contribution in [1.82, 2.24) is 10.3 Å². The Labute approximate surface area is 211 Å². The minimum Gasteiger partial charge on any atom is -0.493 e. The van der Waals surface area contributed by atoms with E-state index in [9.17, 15) is 5.11 Å². The van der Waals surface area contributed by atoms with Gasteiger partial charge >= 0.3 is 0 Å². The lowest BCUT2D eigenvalue weighted by atomic mass is 9.98. The Hall–Kier alpha value is -2.68. The highest BCUT2D eigenvalue weighted by Gasteiger charge is 2.23. The number of aliphatic hydroxyl groups excluding tert-OH is 1. The molecular weight excluding hydrogens is 462 g/mol. The molecule has 2 N–H and O–H groups in total. The zero-order chi connectivity index (χ0) is 24.8. The maximum absolute atomic E-state index is 9.76. The number of fused-ring (bicyclic) bond motifs is 1. The lowest BCUT2D eigenvalue weighted by Gasteiger charge is -2.34. The molecule has 1 saturated heterocycles. The second-order valence-corrected chi connectivity index (χ2v) is 9.68. The first-order valence-electron chi connectivity index (χ1n) is 11.9. The number of nitrogens with zero attached hydrogens (tertiary/aromatic N) is 2. The van der Waals surface area contributed by atoms with Crippen LogP contribution in [-0.4, -0.2) is 57.4 Å². The van der Waals surface area contributed by atoms with E-state index in [0.29, 0.717) is 36.3 Å². The number of ether oxygens (including phenoxy) is 3. The molecule has 2 heterocycles. The standard InChI is InChI=1S/C27H35N3O4S/c1-32-24-10-19(11-25(33-2)26(24)34-3)14-28-15-21-12-20-7-8-22(35-4)13-23(20)29-27(21)30-9-5-6-18(16-30)17-31/h7-8,10-13,18,28,31H,5-6,9,14-17H2,1-4H3/t18-/m1/s1. The fraction of sp³-hybridized carbons (Fsp3) is 0.444. The molecule has 1 aliphatic rings. The summed E-state index contributed by atoms with van der Waals surface area (Å²) in [5.41, 5.74) is 3.20. The smallest absolute Gasteiger partial charge is 0.203 e. The van der Waals surface area contributed by atoms with Crippen LogP contribution in [0.2, 0.25) is 0 Å². The summed E-state index contributed by atoms with van der Waals surface area (Å²) in [7, 11) is 4.86. The molecule has 8 heteroatoms. The zero-order valence-corrected chi connectivity index (χ0v) is 21.8. The first kappa shape index (κ1) is 25.4. The molecule has 0 saturated carbocycles. The summed E-state index contributed by atoms with van der Waals surface area (Å²) >= 11 is 1.72. The van der Waals surface area contributed by atoms with Crippen molar-refractivity contribution in [2.45, 2.75) is 30.8 Å². The van der Waals surface area contributed by atoms with Gasteiger partial charge in [0, 0.05) is 48.6 Å². The van der Waals surface area contributed by atoms with Crippen molar-refractivity contribution < 1.29 is 19.3 Å². The van der Waals surface area contributed by atoms with Gasteiger partial charge in [0.2, 0.25) is 5.75 Å². The molecule has 1 atom stereocenters. The molecular formula is C27H35N3O4S. The summed E-state index contributed by atoms with van der Waals surface area (Å²) in [5, 5.41) is 14.5. The second kappa shape index (κ2) is 11.8. The highest BCUT2D eigenvalue weighted by Crippen LogP contribution is 2.38. The SMILES string of the molecule is COc1cc(CNCc2cc3ccc(SC)cc3nc2N2CCC[C@@H](CO)C2)cc(OC)c1OC. The molecule has 0 bridgehead atoms. The van der Waals surface area contributed by atoms with Crippen molar-refractivity contribution in [2.24, 2.45) is 5.92 Å². The maximum atomic E-state index is 9.76. The van der Waals surface area contributed by atoms with Gasteiger partial charge in [0.05, 0.1) is 26.8 Å². The number of piperidine rings is 1. The quantitative estimate of drug-likeness (QED) is 0.397. The van der Waals surface area contributed by atoms with Crippen LogP contribution >= 0.6 is 11.8 Å². The third-order valence-electron chi connectivity index (χ3n) is 6.53. The van der Waals surface area contributed by atoms with E-state index in [4.69, 9.17) is 19.2 Å². The number of benzene rings is 2. The van der Waals surface area contributed by atoms with E-state index in [0.717, 1.165) is 53.8 Å². The van der Waals surface area contributed by atoms with Gasteiger partial charge in [0.15, 0.2) is 11.5 Å². The Balaban J connectivity index is 1.60. The predicted octanol–water partition coefficient (Wildman–Crippen LogP) is 4.48. The van der Waals surface area contributed by atoms with Gasteiger partial charge < -0.3 is 29.5 Å². The Kier molecular flexibility index (Phi) is 8.59. The average Bonchev–Trinajstić information content (AvgIpc) is 2.91. The van der Waals surface area contributed by atoms with Gasteiger partial charge in [-0.2, -0.15) is 0 Å². The van der Waals surface area contributed by atoms with Crippen LogP contribution in [0.5, 0.6) is 17.2 Å². The molecule has 0 radical (unpaired) electrons. The van der Waals surface area contributed by atoms with Gasteiger partial charge in [-0.15, -0.1) is 11.8 Å². The molecule has 35 heavy (non-hydrogen) atoms. The van der Waals surface area contributed by atoms with Crippen LogP contribution in [0.25, 0.3) is 10.9 Å². The lowest BCUT2D eigenvalue weighted by molar-refractivity contribution is 0.208. The molecule has 3 aromatic rings. The summed E-state index contributed by atoms with van der Waals surface area (Å²) in [5.74, 6) is 3.17. The normalized spacial score (nSPS) is 15.9. The highest BCUT2D eigenvalue weighted by atomic mass is 32.2. The minimum atomic E-state index is 0.218. The van der Waals surface area contributed by atoms with Crippen LogP contribution in [0, 0.1) is 5.92 Å². The summed E-state index contributed by atoms with van der Waals surface area (Å²) in [4.78, 5) is 8.66. The van der Waals surface area contributed by atoms with Gasteiger partial charge in [0.1, 0.15) is 5.82 Å². The zero-order valence-electron chi connectivity index (χ0n) is 21.0. The number of nitrogens with one attached hydrogen (secondary N) is 1. The number of aliphatic hydroxyl groups is 1. The summed E-state index contributed by atoms with van der Waals surface area (Å²) in [6.07, 6.45) is 4.21. The highest BCUT2D eigenvalue weighted by molar-refractivity contribution is 7.98. The van der Waals surface area contributed by atoms with Crippen LogP contribution in [0.15, 0.2) is 41.3 Å². The molecule has 2 aromatic carbocycles. The third kappa shape index (κ3) is 5.77. The van der Waals surface area contributed by atoms with Crippen LogP contribution in [0.3, 0.4) is 0 Å². The molecule has 4 rings (SSSR count). The molecule has 7 nitrogen and oxygen atoms in total. The number of pyridine rings is 1. The van der Waals surface area contributed by atoms with E-state index in [1.54, 1.807) is 33.1 Å². The first-order valence-corrected chi connectivity index (χ1v) is 13.2. The molecule has 1 aliphatic heterocycles. The second-order valence-electron chi connectivity index (χ2n) is 8.80. The number of anilines is 1. The molecule has 0 amide bonds. The lowest BCUT2D eigenvalue weighted by Crippen LogP contribution is -2.38. The van der Waals surface area contributed by atoms with E-state index in [2.05, 4.69) is 40.7 Å². The number of hydrogen-bond acceptors (Lipinski definition) is 8. The van der Waals surface area contributed by atoms with Gasteiger partial charge in [-0.25, -0.2) is 4.98 Å². The van der Waals surface area contributed by atoms with Crippen LogP contribution in [0.4, 0.5) is 5.82 Å². The van der Waals surface area contributed by atoms with E-state index < -0.39 is 0 Å². The van der Waals surface area contributed by atoms with Crippen molar-refractivity contribution in [3.05, 3.63) is 47.5 Å². The fourth-order valence-electron chi connectivity index (χ4n) is 4.70. The van der Waals surface area contributed by atoms with Gasteiger partial charge in [-0.05, 0) is 60.9 Å². The van der Waals surface area contributed by atoms with Crippen LogP contribution in [0.1, 0.15) is 24.0 Å². The van der Waals surface area contributed by atoms with Crippen molar-refractivity contribution in [3.8, 4) is 17.2 Å². The molecule has 0 aliphatic carbocycles. The van der Waals surface area contributed by atoms with Crippen molar-refractivity contribution in [3.63, 3.8) is 0 Å². The van der Waals surface area contributed by atoms with Crippen molar-refractivity contribution in [1.29, 1.82) is 0 Å². The largest absolute Gasteiger partial charge is 0.493 e. The fourth-order valence-corrected chi connectivity index (χ4v) is 5.13. The molecule has 1 aromatic heterocycles. The topological polar surface area (TPSA) is 76.1 Å². The van der Waals surface area contributed by atoms with E-state index in [1.165, 1.54) is 4.90 Å². The summed E-state index contributed by atoms with van der Waals surface area (Å²) in [6, 6.07) is 12.6. The average molecular weight is 498 g/mol. The van der Waals surface area contributed by atoms with Gasteiger partial charge in [-0.3, -0.25) is 0 Å². The summed E-state index contributed by atoms with van der Waals surface area (Å²) in [6.45, 7) is 3.31. The molecule has 0 spiro atoms. The van der Waals surface area contributed by atoms with Crippen molar-refractivity contribution >= 4 is 28.5 Å². The van der Waals surface area contributed by atoms with Gasteiger partial charge in [-0.1, -0.05) is 6.07 Å². The molecule has 1 fully saturated rings. The Morgan fingerprint density at radius 2 is 1.83 bits per heavy atom. The van der Waals surface area contributed by atoms with Crippen molar-refractivity contribution in [2.75, 3.05) is 52.2 Å². The molecule has 0 unspecified atom stereocenters. The number of aromatic nitrogens is 1. The van der Waals surface area contributed by atoms with Gasteiger partial charge in [0.25, 0.3) is 0 Å².